The lowest BCUT2D eigenvalue weighted by Crippen LogP contribution is -2.50. The van der Waals surface area contributed by atoms with Gasteiger partial charge in [-0.3, -0.25) is 58.0 Å². The van der Waals surface area contributed by atoms with Gasteiger partial charge in [0.05, 0.1) is 38.7 Å². The van der Waals surface area contributed by atoms with Gasteiger partial charge in [-0.2, -0.15) is 4.99 Å². The van der Waals surface area contributed by atoms with Crippen LogP contribution in [0.25, 0.3) is 0 Å². The molecule has 2 atom stereocenters. The van der Waals surface area contributed by atoms with E-state index in [4.69, 9.17) is 10.5 Å². The van der Waals surface area contributed by atoms with Crippen LogP contribution in [0, 0.1) is 11.6 Å². The largest absolute Gasteiger partial charge is 0.508 e. The number of hydrogen-bond donors (Lipinski definition) is 12. The van der Waals surface area contributed by atoms with E-state index >= 15 is 0 Å². The Morgan fingerprint density at radius 3 is 1.69 bits per heavy atom. The first-order chi connectivity index (χ1) is 40.7. The van der Waals surface area contributed by atoms with E-state index in [0.717, 1.165) is 0 Å². The highest BCUT2D eigenvalue weighted by Crippen LogP contribution is 2.28. The number of ether oxygens (including phenoxy) is 1. The summed E-state index contributed by atoms with van der Waals surface area (Å²) in [6.45, 7) is 2.97. The minimum Gasteiger partial charge on any atom is -0.508 e. The molecule has 1 unspecified atom stereocenters. The van der Waals surface area contributed by atoms with Crippen molar-refractivity contribution in [2.45, 2.75) is 64.0 Å². The second kappa shape index (κ2) is 37.6. The van der Waals surface area contributed by atoms with Crippen LogP contribution in [0.5, 0.6) is 11.5 Å². The molecule has 1 saturated heterocycles. The number of rotatable bonds is 32. The number of phenolic OH excluding ortho intramolecular Hbond substituents is 1. The fourth-order valence-electron chi connectivity index (χ4n) is 8.81. The van der Waals surface area contributed by atoms with Gasteiger partial charge in [0, 0.05) is 122 Å². The smallest absolute Gasteiger partial charge is 0.344 e. The van der Waals surface area contributed by atoms with E-state index in [1.54, 1.807) is 81.1 Å². The zero-order valence-corrected chi connectivity index (χ0v) is 47.6. The van der Waals surface area contributed by atoms with Gasteiger partial charge in [-0.1, -0.05) is 49.4 Å². The molecule has 1 aliphatic rings. The molecule has 1 aliphatic heterocycles. The van der Waals surface area contributed by atoms with Crippen molar-refractivity contribution in [2.24, 2.45) is 10.7 Å². The van der Waals surface area contributed by atoms with Crippen LogP contribution in [0.4, 0.5) is 13.6 Å². The summed E-state index contributed by atoms with van der Waals surface area (Å²) in [5, 5.41) is 56.7. The highest BCUT2D eigenvalue weighted by atomic mass is 19.1. The Hall–Kier alpha value is -8.54. The van der Waals surface area contributed by atoms with Gasteiger partial charge in [0.1, 0.15) is 29.2 Å². The zero-order chi connectivity index (χ0) is 62.1. The number of unbranched alkanes of at least 4 members (excludes halogenated alkanes) is 1. The van der Waals surface area contributed by atoms with Crippen molar-refractivity contribution in [2.75, 3.05) is 118 Å². The lowest BCUT2D eigenvalue weighted by atomic mass is 9.90. The molecule has 3 aromatic rings. The van der Waals surface area contributed by atoms with Crippen molar-refractivity contribution in [3.8, 4) is 11.5 Å². The number of halogens is 2. The third-order valence-corrected chi connectivity index (χ3v) is 13.2. The number of urea groups is 1. The number of phenols is 1. The van der Waals surface area contributed by atoms with Gasteiger partial charge in [-0.05, 0) is 48.9 Å². The first-order valence-electron chi connectivity index (χ1n) is 27.9. The summed E-state index contributed by atoms with van der Waals surface area (Å²) < 4.78 is 35.4. The molecular formula is C56H79F2N13O14. The monoisotopic (exact) mass is 1200 g/mol. The normalized spacial score (nSPS) is 14.7. The number of benzene rings is 3. The van der Waals surface area contributed by atoms with Gasteiger partial charge in [-0.25, -0.2) is 13.6 Å². The highest BCUT2D eigenvalue weighted by Gasteiger charge is 2.29. The zero-order valence-electron chi connectivity index (χ0n) is 47.6. The number of nitrogens with two attached hydrogens (primary N) is 1. The SMILES string of the molecule is CCC(=O)NCCNC(=O)/N=C(/N)NCCC[C@@H](NC(=O)C(c1ccccc1)c1cccc(OCCCCNC(=O)CCNC(=O)CN2CCN(CC(=O)O)CCN(CC(=O)O)CCN(CC(=O)O)CC2)c1)C(=O)NCc1c(F)cc(O)cc1F. The summed E-state index contributed by atoms with van der Waals surface area (Å²) in [6, 6.07) is 14.9. The predicted octanol–water partition coefficient (Wildman–Crippen LogP) is -0.219. The second-order valence-corrected chi connectivity index (χ2v) is 19.9. The van der Waals surface area contributed by atoms with Crippen LogP contribution in [0.3, 0.4) is 0 Å². The Morgan fingerprint density at radius 1 is 0.588 bits per heavy atom. The van der Waals surface area contributed by atoms with Crippen LogP contribution >= 0.6 is 0 Å². The summed E-state index contributed by atoms with van der Waals surface area (Å²) >= 11 is 0. The summed E-state index contributed by atoms with van der Waals surface area (Å²) in [6.07, 6.45) is 1.45. The lowest BCUT2D eigenvalue weighted by Gasteiger charge is -2.32. The van der Waals surface area contributed by atoms with Crippen molar-refractivity contribution in [1.82, 2.24) is 56.8 Å². The standard InChI is InChI=1S/C56H79F2N13O14/c1-2-46(73)62-19-20-64-56(84)67-55(59)63-17-9-14-45(53(82)65-33-42-43(57)31-40(72)32-44(42)58)66-54(83)52(38-10-4-3-5-11-38)39-12-8-13-41(30-39)85-29-7-6-16-60-47(74)15-18-61-48(75)34-68-21-23-69(35-49(76)77)25-27-71(37-51(80)81)28-26-70(24-22-68)36-50(78)79/h3-5,8,10-13,30-32,45,52,72H,2,6-7,9,14-29,33-37H2,1H3,(H,60,74)(H,61,75)(H,62,73)(H,65,82)(H,66,83)(H,76,77)(H,78,79)(H,80,81)(H4,59,63,64,67,84)/t45-,52?/m1/s1. The number of carbonyl (C=O) groups is 9. The number of aromatic hydroxyl groups is 1. The first kappa shape index (κ1) is 69.0. The number of aliphatic carboxylic acids is 3. The minimum absolute atomic E-state index is 0.0183. The van der Waals surface area contributed by atoms with Crippen molar-refractivity contribution in [3.05, 3.63) is 95.1 Å². The molecule has 0 saturated carbocycles. The molecule has 0 aliphatic carbocycles. The highest BCUT2D eigenvalue weighted by molar-refractivity contribution is 5.93. The Morgan fingerprint density at radius 2 is 1.12 bits per heavy atom. The number of carboxylic acids is 3. The Kier molecular flexibility index (Phi) is 30.5. The molecular weight excluding hydrogens is 1120 g/mol. The fourth-order valence-corrected chi connectivity index (χ4v) is 8.81. The van der Waals surface area contributed by atoms with E-state index in [1.807, 2.05) is 0 Å². The molecule has 0 aromatic heterocycles. The summed E-state index contributed by atoms with van der Waals surface area (Å²) in [7, 11) is 0. The van der Waals surface area contributed by atoms with E-state index in [9.17, 15) is 72.4 Å². The van der Waals surface area contributed by atoms with E-state index in [2.05, 4.69) is 42.2 Å². The molecule has 7 amide bonds. The summed E-state index contributed by atoms with van der Waals surface area (Å²) in [4.78, 5) is 123. The maximum Gasteiger partial charge on any atom is 0.344 e. The summed E-state index contributed by atoms with van der Waals surface area (Å²) in [5.41, 5.74) is 6.44. The molecule has 85 heavy (non-hydrogen) atoms. The first-order valence-corrected chi connectivity index (χ1v) is 27.9. The number of nitrogens with one attached hydrogen (secondary N) is 7. The van der Waals surface area contributed by atoms with Crippen LogP contribution in [-0.2, 0) is 44.9 Å². The maximum absolute atomic E-state index is 14.7. The molecule has 1 fully saturated rings. The summed E-state index contributed by atoms with van der Waals surface area (Å²) in [5.74, 6) is -9.11. The number of nitrogens with zero attached hydrogens (tertiary/aromatic N) is 5. The molecule has 1 heterocycles. The Labute approximate surface area is 491 Å². The number of carbonyl (C=O) groups excluding carboxylic acids is 6. The van der Waals surface area contributed by atoms with Gasteiger partial charge in [0.15, 0.2) is 5.96 Å². The topological polar surface area (TPSA) is 379 Å². The number of aliphatic imine (C=N–C) groups is 1. The molecule has 0 radical (unpaired) electrons. The van der Waals surface area contributed by atoms with Crippen LogP contribution in [0.2, 0.25) is 0 Å². The van der Waals surface area contributed by atoms with E-state index in [1.165, 1.54) is 0 Å². The third-order valence-electron chi connectivity index (χ3n) is 13.2. The van der Waals surface area contributed by atoms with E-state index in [-0.39, 0.29) is 161 Å². The van der Waals surface area contributed by atoms with E-state index < -0.39 is 77.2 Å². The number of carboxylic acid groups (broad SMARTS) is 3. The number of hydrogen-bond acceptors (Lipinski definition) is 15. The van der Waals surface area contributed by atoms with Gasteiger partial charge < -0.3 is 68.1 Å². The second-order valence-electron chi connectivity index (χ2n) is 19.9. The van der Waals surface area contributed by atoms with Gasteiger partial charge in [0.25, 0.3) is 0 Å². The van der Waals surface area contributed by atoms with Gasteiger partial charge in [-0.15, -0.1) is 0 Å². The van der Waals surface area contributed by atoms with Crippen molar-refractivity contribution >= 4 is 59.4 Å². The van der Waals surface area contributed by atoms with Crippen molar-refractivity contribution in [3.63, 3.8) is 0 Å². The molecule has 3 aromatic carbocycles. The third kappa shape index (κ3) is 27.6. The molecule has 29 heteroatoms. The molecule has 466 valence electrons. The minimum atomic E-state index is -1.27. The van der Waals surface area contributed by atoms with Crippen molar-refractivity contribution < 1.29 is 77.1 Å². The van der Waals surface area contributed by atoms with Crippen LogP contribution in [0.15, 0.2) is 71.7 Å². The predicted molar refractivity (Wildman–Crippen MR) is 306 cm³/mol. The quantitative estimate of drug-likeness (QED) is 0.0218. The average Bonchev–Trinajstić information content (AvgIpc) is 3.10. The van der Waals surface area contributed by atoms with Gasteiger partial charge in [0.2, 0.25) is 29.5 Å². The van der Waals surface area contributed by atoms with Crippen molar-refractivity contribution in [1.29, 1.82) is 0 Å². The van der Waals surface area contributed by atoms with Crippen LogP contribution < -0.4 is 47.7 Å². The average molecular weight is 1200 g/mol. The number of amides is 7. The fraction of sp³-hybridized carbons (Fsp3) is 0.500. The molecule has 13 N–H and O–H groups in total. The Balaban J connectivity index is 1.30. The molecule has 27 nitrogen and oxygen atoms in total. The van der Waals surface area contributed by atoms with E-state index in [0.29, 0.717) is 48.4 Å². The number of guanidine groups is 1. The maximum atomic E-state index is 14.7. The Bertz CT molecular complexity index is 2670. The van der Waals surface area contributed by atoms with Crippen LogP contribution in [0.1, 0.15) is 68.1 Å². The molecule has 0 bridgehead atoms. The van der Waals surface area contributed by atoms with Crippen LogP contribution in [-0.4, -0.2) is 223 Å². The molecule has 4 rings (SSSR count). The lowest BCUT2D eigenvalue weighted by molar-refractivity contribution is -0.140. The molecule has 0 spiro atoms. The van der Waals surface area contributed by atoms with Gasteiger partial charge >= 0.3 is 23.9 Å².